The van der Waals surface area contributed by atoms with Crippen molar-refractivity contribution in [2.45, 2.75) is 38.3 Å². The zero-order valence-corrected chi connectivity index (χ0v) is 14.9. The Morgan fingerprint density at radius 1 is 1.24 bits per heavy atom. The SMILES string of the molecule is CC(NC(=O)CCN1CCC(N2CCNC2=O)CC1)c1ccccc1. The maximum absolute atomic E-state index is 12.2. The van der Waals surface area contributed by atoms with Crippen LogP contribution in [0.4, 0.5) is 4.79 Å². The average molecular weight is 344 g/mol. The number of piperidine rings is 1. The maximum Gasteiger partial charge on any atom is 0.317 e. The molecule has 0 aliphatic carbocycles. The lowest BCUT2D eigenvalue weighted by Gasteiger charge is -2.36. The Labute approximate surface area is 149 Å². The van der Waals surface area contributed by atoms with Crippen LogP contribution in [0.1, 0.15) is 37.8 Å². The molecule has 2 fully saturated rings. The number of nitrogens with zero attached hydrogens (tertiary/aromatic N) is 2. The summed E-state index contributed by atoms with van der Waals surface area (Å²) in [5, 5.41) is 5.94. The van der Waals surface area contributed by atoms with Crippen LogP contribution < -0.4 is 10.6 Å². The molecule has 0 bridgehead atoms. The molecule has 1 aromatic carbocycles. The van der Waals surface area contributed by atoms with Crippen molar-refractivity contribution in [2.75, 3.05) is 32.7 Å². The summed E-state index contributed by atoms with van der Waals surface area (Å²) < 4.78 is 0. The zero-order chi connectivity index (χ0) is 17.6. The molecule has 0 aromatic heterocycles. The summed E-state index contributed by atoms with van der Waals surface area (Å²) in [6, 6.07) is 10.5. The average Bonchev–Trinajstić information content (AvgIpc) is 3.07. The van der Waals surface area contributed by atoms with Gasteiger partial charge < -0.3 is 20.4 Å². The van der Waals surface area contributed by atoms with Gasteiger partial charge in [-0.1, -0.05) is 30.3 Å². The molecule has 0 spiro atoms. The van der Waals surface area contributed by atoms with Gasteiger partial charge in [0.1, 0.15) is 0 Å². The first-order valence-electron chi connectivity index (χ1n) is 9.24. The Balaban J connectivity index is 1.36. The second-order valence-corrected chi connectivity index (χ2v) is 6.95. The summed E-state index contributed by atoms with van der Waals surface area (Å²) in [6.45, 7) is 6.29. The summed E-state index contributed by atoms with van der Waals surface area (Å²) >= 11 is 0. The standard InChI is InChI=1S/C19H28N4O2/c1-15(16-5-3-2-4-6-16)21-18(24)9-13-22-11-7-17(8-12-22)23-14-10-20-19(23)25/h2-6,15,17H,7-14H2,1H3,(H,20,25)(H,21,24). The van der Waals surface area contributed by atoms with E-state index in [2.05, 4.69) is 15.5 Å². The topological polar surface area (TPSA) is 64.7 Å². The number of amides is 3. The number of hydrogen-bond acceptors (Lipinski definition) is 3. The summed E-state index contributed by atoms with van der Waals surface area (Å²) in [5.41, 5.74) is 1.13. The second-order valence-electron chi connectivity index (χ2n) is 6.95. The highest BCUT2D eigenvalue weighted by atomic mass is 16.2. The fourth-order valence-electron chi connectivity index (χ4n) is 3.69. The van der Waals surface area contributed by atoms with Gasteiger partial charge in [-0.05, 0) is 25.3 Å². The minimum atomic E-state index is 0.0353. The summed E-state index contributed by atoms with van der Waals surface area (Å²) in [4.78, 5) is 28.2. The largest absolute Gasteiger partial charge is 0.350 e. The van der Waals surface area contributed by atoms with Crippen molar-refractivity contribution in [3.05, 3.63) is 35.9 Å². The summed E-state index contributed by atoms with van der Waals surface area (Å²) in [6.07, 6.45) is 2.51. The summed E-state index contributed by atoms with van der Waals surface area (Å²) in [5.74, 6) is 0.0948. The van der Waals surface area contributed by atoms with Crippen LogP contribution in [0, 0.1) is 0 Å². The molecule has 1 aromatic rings. The predicted octanol–water partition coefficient (Wildman–Crippen LogP) is 1.74. The predicted molar refractivity (Wildman–Crippen MR) is 97.2 cm³/mol. The van der Waals surface area contributed by atoms with Crippen LogP contribution >= 0.6 is 0 Å². The Morgan fingerprint density at radius 3 is 2.60 bits per heavy atom. The Bertz CT molecular complexity index is 584. The first kappa shape index (κ1) is 17.7. The van der Waals surface area contributed by atoms with Crippen molar-refractivity contribution in [1.29, 1.82) is 0 Å². The molecule has 2 N–H and O–H groups in total. The quantitative estimate of drug-likeness (QED) is 0.826. The number of nitrogens with one attached hydrogen (secondary N) is 2. The van der Waals surface area contributed by atoms with Crippen LogP contribution in [0.25, 0.3) is 0 Å². The lowest BCUT2D eigenvalue weighted by molar-refractivity contribution is -0.122. The van der Waals surface area contributed by atoms with E-state index < -0.39 is 0 Å². The Hall–Kier alpha value is -2.08. The third kappa shape index (κ3) is 4.72. The van der Waals surface area contributed by atoms with E-state index in [0.717, 1.165) is 51.1 Å². The first-order valence-corrected chi connectivity index (χ1v) is 9.24. The van der Waals surface area contributed by atoms with Gasteiger partial charge in [0.05, 0.1) is 6.04 Å². The second kappa shape index (κ2) is 8.34. The molecular weight excluding hydrogens is 316 g/mol. The molecule has 0 radical (unpaired) electrons. The van der Waals surface area contributed by atoms with Gasteiger partial charge in [-0.3, -0.25) is 4.79 Å². The molecule has 1 unspecified atom stereocenters. The van der Waals surface area contributed by atoms with Crippen LogP contribution in [-0.4, -0.2) is 60.5 Å². The van der Waals surface area contributed by atoms with Gasteiger partial charge in [0.25, 0.3) is 0 Å². The normalized spacial score (nSPS) is 20.4. The van der Waals surface area contributed by atoms with E-state index in [1.165, 1.54) is 0 Å². The molecule has 6 heteroatoms. The number of carbonyl (C=O) groups is 2. The van der Waals surface area contributed by atoms with E-state index in [1.807, 2.05) is 42.2 Å². The van der Waals surface area contributed by atoms with E-state index in [0.29, 0.717) is 12.5 Å². The number of carbonyl (C=O) groups excluding carboxylic acids is 2. The van der Waals surface area contributed by atoms with Crippen molar-refractivity contribution in [3.8, 4) is 0 Å². The van der Waals surface area contributed by atoms with Crippen molar-refractivity contribution in [3.63, 3.8) is 0 Å². The fourth-order valence-corrected chi connectivity index (χ4v) is 3.69. The Kier molecular flexibility index (Phi) is 5.91. The molecule has 136 valence electrons. The summed E-state index contributed by atoms with van der Waals surface area (Å²) in [7, 11) is 0. The molecule has 2 aliphatic rings. The lowest BCUT2D eigenvalue weighted by atomic mass is 10.0. The zero-order valence-electron chi connectivity index (χ0n) is 14.9. The van der Waals surface area contributed by atoms with E-state index >= 15 is 0 Å². The van der Waals surface area contributed by atoms with Crippen LogP contribution in [0.3, 0.4) is 0 Å². The number of urea groups is 1. The third-order valence-electron chi connectivity index (χ3n) is 5.22. The van der Waals surface area contributed by atoms with Crippen molar-refractivity contribution < 1.29 is 9.59 Å². The highest BCUT2D eigenvalue weighted by Gasteiger charge is 2.30. The Morgan fingerprint density at radius 2 is 1.96 bits per heavy atom. The van der Waals surface area contributed by atoms with Crippen molar-refractivity contribution in [2.24, 2.45) is 0 Å². The van der Waals surface area contributed by atoms with Gasteiger partial charge in [-0.25, -0.2) is 4.79 Å². The van der Waals surface area contributed by atoms with Gasteiger partial charge in [0, 0.05) is 45.2 Å². The number of hydrogen-bond donors (Lipinski definition) is 2. The highest BCUT2D eigenvalue weighted by Crippen LogP contribution is 2.18. The molecule has 25 heavy (non-hydrogen) atoms. The molecule has 2 heterocycles. The molecule has 6 nitrogen and oxygen atoms in total. The third-order valence-corrected chi connectivity index (χ3v) is 5.22. The van der Waals surface area contributed by atoms with E-state index in [4.69, 9.17) is 0 Å². The molecule has 3 amide bonds. The number of benzene rings is 1. The number of likely N-dealkylation sites (tertiary alicyclic amines) is 1. The van der Waals surface area contributed by atoms with Gasteiger partial charge in [0.2, 0.25) is 5.91 Å². The van der Waals surface area contributed by atoms with Crippen molar-refractivity contribution in [1.82, 2.24) is 20.4 Å². The highest BCUT2D eigenvalue weighted by molar-refractivity contribution is 5.77. The van der Waals surface area contributed by atoms with E-state index in [-0.39, 0.29) is 18.0 Å². The lowest BCUT2D eigenvalue weighted by Crippen LogP contribution is -2.46. The van der Waals surface area contributed by atoms with Crippen LogP contribution in [-0.2, 0) is 4.79 Å². The molecule has 3 rings (SSSR count). The maximum atomic E-state index is 12.2. The van der Waals surface area contributed by atoms with Crippen LogP contribution in [0.5, 0.6) is 0 Å². The van der Waals surface area contributed by atoms with Gasteiger partial charge in [0.15, 0.2) is 0 Å². The van der Waals surface area contributed by atoms with Crippen molar-refractivity contribution >= 4 is 11.9 Å². The molecule has 2 saturated heterocycles. The minimum absolute atomic E-state index is 0.0353. The smallest absolute Gasteiger partial charge is 0.317 e. The van der Waals surface area contributed by atoms with Gasteiger partial charge in [-0.15, -0.1) is 0 Å². The molecule has 2 aliphatic heterocycles. The minimum Gasteiger partial charge on any atom is -0.350 e. The first-order chi connectivity index (χ1) is 12.1. The molecule has 1 atom stereocenters. The molecular formula is C19H28N4O2. The van der Waals surface area contributed by atoms with Crippen LogP contribution in [0.15, 0.2) is 30.3 Å². The van der Waals surface area contributed by atoms with Gasteiger partial charge in [-0.2, -0.15) is 0 Å². The monoisotopic (exact) mass is 344 g/mol. The fraction of sp³-hybridized carbons (Fsp3) is 0.579. The van der Waals surface area contributed by atoms with E-state index in [1.54, 1.807) is 0 Å². The van der Waals surface area contributed by atoms with Crippen LogP contribution in [0.2, 0.25) is 0 Å². The molecule has 0 saturated carbocycles. The van der Waals surface area contributed by atoms with Gasteiger partial charge >= 0.3 is 6.03 Å². The number of rotatable bonds is 6. The van der Waals surface area contributed by atoms with E-state index in [9.17, 15) is 9.59 Å².